The van der Waals surface area contributed by atoms with E-state index in [9.17, 15) is 0 Å². The van der Waals surface area contributed by atoms with Crippen molar-refractivity contribution in [2.75, 3.05) is 0 Å². The molecule has 0 spiro atoms. The Morgan fingerprint density at radius 3 is 1.46 bits per heavy atom. The van der Waals surface area contributed by atoms with Crippen molar-refractivity contribution in [3.63, 3.8) is 0 Å². The Morgan fingerprint density at radius 2 is 0.820 bits per heavy atom. The first kappa shape index (κ1) is 29.4. The smallest absolute Gasteiger partial charge is 0.160 e. The summed E-state index contributed by atoms with van der Waals surface area (Å²) in [5, 5.41) is 3.49. The van der Waals surface area contributed by atoms with Gasteiger partial charge in [-0.1, -0.05) is 170 Å². The van der Waals surface area contributed by atoms with Crippen LogP contribution < -0.4 is 0 Å². The van der Waals surface area contributed by atoms with E-state index in [1.54, 1.807) is 0 Å². The Bertz CT molecular complexity index is 2540. The second-order valence-electron chi connectivity index (χ2n) is 12.4. The van der Waals surface area contributed by atoms with E-state index in [4.69, 9.17) is 15.0 Å². The minimum Gasteiger partial charge on any atom is -0.247 e. The van der Waals surface area contributed by atoms with Gasteiger partial charge in [0.15, 0.2) is 5.82 Å². The van der Waals surface area contributed by atoms with Crippen LogP contribution in [0.5, 0.6) is 0 Å². The first-order valence-electron chi connectivity index (χ1n) is 16.9. The molecule has 9 aromatic rings. The van der Waals surface area contributed by atoms with E-state index in [-0.39, 0.29) is 0 Å². The summed E-state index contributed by atoms with van der Waals surface area (Å²) >= 11 is 0. The van der Waals surface area contributed by atoms with Crippen LogP contribution in [0.1, 0.15) is 0 Å². The highest BCUT2D eigenvalue weighted by Crippen LogP contribution is 2.40. The molecule has 0 fully saturated rings. The normalized spacial score (nSPS) is 11.2. The second kappa shape index (κ2) is 12.7. The number of hydrogen-bond donors (Lipinski definition) is 0. The summed E-state index contributed by atoms with van der Waals surface area (Å²) in [5.41, 5.74) is 12.6. The van der Waals surface area contributed by atoms with Crippen molar-refractivity contribution >= 4 is 21.7 Å². The van der Waals surface area contributed by atoms with Gasteiger partial charge < -0.3 is 0 Å². The number of pyridine rings is 1. The van der Waals surface area contributed by atoms with Crippen LogP contribution in [0.2, 0.25) is 0 Å². The van der Waals surface area contributed by atoms with E-state index in [0.29, 0.717) is 5.82 Å². The van der Waals surface area contributed by atoms with Gasteiger partial charge >= 0.3 is 0 Å². The number of benzene rings is 7. The topological polar surface area (TPSA) is 38.7 Å². The van der Waals surface area contributed by atoms with Gasteiger partial charge in [0, 0.05) is 38.4 Å². The molecule has 0 aliphatic carbocycles. The molecule has 7 aromatic carbocycles. The Morgan fingerprint density at radius 1 is 0.300 bits per heavy atom. The lowest BCUT2D eigenvalue weighted by Crippen LogP contribution is -1.95. The molecule has 0 atom stereocenters. The molecule has 3 heteroatoms. The minimum atomic E-state index is 0.712. The Hall–Kier alpha value is -6.71. The SMILES string of the molecule is c1ccc(-c2cc(-c3ccc(-c4ccc5nc(-c6ccccc6)c6cccc(-c7ccccc7)c6c5c4)cc3)nc(-c3ccccc3)n2)cc1. The number of rotatable bonds is 6. The average molecular weight is 638 g/mol. The van der Waals surface area contributed by atoms with Crippen LogP contribution in [0.25, 0.3) is 89.1 Å². The fraction of sp³-hybridized carbons (Fsp3) is 0. The maximum absolute atomic E-state index is 5.25. The van der Waals surface area contributed by atoms with Crippen LogP contribution in [-0.4, -0.2) is 15.0 Å². The first-order chi connectivity index (χ1) is 24.8. The molecular weight excluding hydrogens is 607 g/mol. The maximum atomic E-state index is 5.25. The van der Waals surface area contributed by atoms with Gasteiger partial charge in [-0.05, 0) is 40.5 Å². The Kier molecular flexibility index (Phi) is 7.49. The van der Waals surface area contributed by atoms with Gasteiger partial charge in [-0.25, -0.2) is 15.0 Å². The van der Waals surface area contributed by atoms with E-state index in [1.807, 2.05) is 36.4 Å². The number of fused-ring (bicyclic) bond motifs is 3. The molecule has 0 bridgehead atoms. The van der Waals surface area contributed by atoms with Gasteiger partial charge in [0.25, 0.3) is 0 Å². The van der Waals surface area contributed by atoms with Crippen LogP contribution in [0, 0.1) is 0 Å². The van der Waals surface area contributed by atoms with Crippen molar-refractivity contribution in [2.24, 2.45) is 0 Å². The molecule has 0 saturated carbocycles. The van der Waals surface area contributed by atoms with Gasteiger partial charge in [-0.2, -0.15) is 0 Å². The van der Waals surface area contributed by atoms with E-state index < -0.39 is 0 Å². The number of nitrogens with zero attached hydrogens (tertiary/aromatic N) is 3. The molecule has 0 N–H and O–H groups in total. The Balaban J connectivity index is 1.17. The van der Waals surface area contributed by atoms with Crippen LogP contribution in [-0.2, 0) is 0 Å². The fourth-order valence-electron chi connectivity index (χ4n) is 6.81. The summed E-state index contributed by atoms with van der Waals surface area (Å²) in [6.07, 6.45) is 0. The summed E-state index contributed by atoms with van der Waals surface area (Å²) in [6, 6.07) is 65.6. The molecule has 0 aliphatic heterocycles. The highest BCUT2D eigenvalue weighted by atomic mass is 14.9. The van der Waals surface area contributed by atoms with Crippen LogP contribution in [0.15, 0.2) is 188 Å². The summed E-state index contributed by atoms with van der Waals surface area (Å²) in [4.78, 5) is 15.2. The van der Waals surface area contributed by atoms with E-state index in [1.165, 1.54) is 16.5 Å². The predicted octanol–water partition coefficient (Wildman–Crippen LogP) is 12.2. The largest absolute Gasteiger partial charge is 0.247 e. The van der Waals surface area contributed by atoms with E-state index in [2.05, 4.69) is 152 Å². The van der Waals surface area contributed by atoms with Crippen molar-refractivity contribution in [3.8, 4) is 67.4 Å². The monoisotopic (exact) mass is 637 g/mol. The third-order valence-electron chi connectivity index (χ3n) is 9.29. The van der Waals surface area contributed by atoms with Crippen molar-refractivity contribution < 1.29 is 0 Å². The van der Waals surface area contributed by atoms with Gasteiger partial charge in [0.05, 0.1) is 22.6 Å². The molecule has 0 saturated heterocycles. The average Bonchev–Trinajstić information content (AvgIpc) is 3.21. The standard InChI is InChI=1S/C47H31N3/c1-5-14-33(15-6-1)39-22-13-23-40-45(39)41-30-38(28-29-42(41)48-46(40)36-18-9-3-10-19-36)32-24-26-35(27-25-32)44-31-43(34-16-7-2-8-17-34)49-47(50-44)37-20-11-4-12-21-37/h1-31H. The second-order valence-corrected chi connectivity index (χ2v) is 12.4. The van der Waals surface area contributed by atoms with Gasteiger partial charge in [0.2, 0.25) is 0 Å². The molecule has 0 amide bonds. The summed E-state index contributed by atoms with van der Waals surface area (Å²) in [5.74, 6) is 0.712. The Labute approximate surface area is 291 Å². The zero-order chi connectivity index (χ0) is 33.3. The van der Waals surface area contributed by atoms with Gasteiger partial charge in [0.1, 0.15) is 0 Å². The summed E-state index contributed by atoms with van der Waals surface area (Å²) in [6.45, 7) is 0. The lowest BCUT2D eigenvalue weighted by Gasteiger charge is -2.15. The molecule has 50 heavy (non-hydrogen) atoms. The summed E-state index contributed by atoms with van der Waals surface area (Å²) < 4.78 is 0. The third kappa shape index (κ3) is 5.51. The zero-order valence-electron chi connectivity index (χ0n) is 27.2. The zero-order valence-corrected chi connectivity index (χ0v) is 27.2. The molecule has 3 nitrogen and oxygen atoms in total. The van der Waals surface area contributed by atoms with Gasteiger partial charge in [-0.3, -0.25) is 0 Å². The lowest BCUT2D eigenvalue weighted by atomic mass is 9.91. The molecule has 0 radical (unpaired) electrons. The highest BCUT2D eigenvalue weighted by Gasteiger charge is 2.16. The molecule has 2 aromatic heterocycles. The molecule has 0 aliphatic rings. The predicted molar refractivity (Wildman–Crippen MR) is 207 cm³/mol. The number of aromatic nitrogens is 3. The molecule has 234 valence electrons. The summed E-state index contributed by atoms with van der Waals surface area (Å²) in [7, 11) is 0. The molecule has 2 heterocycles. The molecular formula is C47H31N3. The van der Waals surface area contributed by atoms with E-state index >= 15 is 0 Å². The van der Waals surface area contributed by atoms with Crippen LogP contribution >= 0.6 is 0 Å². The maximum Gasteiger partial charge on any atom is 0.160 e. The van der Waals surface area contributed by atoms with Crippen molar-refractivity contribution in [1.82, 2.24) is 15.0 Å². The van der Waals surface area contributed by atoms with Crippen molar-refractivity contribution in [2.45, 2.75) is 0 Å². The number of hydrogen-bond acceptors (Lipinski definition) is 3. The van der Waals surface area contributed by atoms with Gasteiger partial charge in [-0.15, -0.1) is 0 Å². The van der Waals surface area contributed by atoms with Crippen LogP contribution in [0.4, 0.5) is 0 Å². The minimum absolute atomic E-state index is 0.712. The van der Waals surface area contributed by atoms with Crippen LogP contribution in [0.3, 0.4) is 0 Å². The van der Waals surface area contributed by atoms with E-state index in [0.717, 1.165) is 66.8 Å². The lowest BCUT2D eigenvalue weighted by molar-refractivity contribution is 1.18. The highest BCUT2D eigenvalue weighted by molar-refractivity contribution is 6.17. The molecule has 9 rings (SSSR count). The van der Waals surface area contributed by atoms with Crippen molar-refractivity contribution in [1.29, 1.82) is 0 Å². The fourth-order valence-corrected chi connectivity index (χ4v) is 6.81. The molecule has 0 unspecified atom stereocenters. The quantitative estimate of drug-likeness (QED) is 0.170. The first-order valence-corrected chi connectivity index (χ1v) is 16.9. The third-order valence-corrected chi connectivity index (χ3v) is 9.29. The van der Waals surface area contributed by atoms with Crippen molar-refractivity contribution in [3.05, 3.63) is 188 Å².